The average molecular weight is 319 g/mol. The van der Waals surface area contributed by atoms with Crippen molar-refractivity contribution in [1.82, 2.24) is 19.7 Å². The van der Waals surface area contributed by atoms with Crippen molar-refractivity contribution in [3.05, 3.63) is 39.3 Å². The quantitative estimate of drug-likeness (QED) is 0.777. The number of fused-ring (bicyclic) bond motifs is 1. The van der Waals surface area contributed by atoms with Crippen molar-refractivity contribution in [1.29, 1.82) is 0 Å². The Hall–Kier alpha value is -2.34. The molecule has 2 aromatic heterocycles. The molecular weight excluding hydrogens is 304 g/mol. The van der Waals surface area contributed by atoms with Gasteiger partial charge in [-0.25, -0.2) is 4.98 Å². The fourth-order valence-electron chi connectivity index (χ4n) is 2.48. The maximum Gasteiger partial charge on any atom is 0.277 e. The van der Waals surface area contributed by atoms with Crippen LogP contribution in [0.4, 0.5) is 0 Å². The molecular formula is C15H15ClN4O2. The summed E-state index contributed by atoms with van der Waals surface area (Å²) in [6.07, 6.45) is 1.63. The third-order valence-corrected chi connectivity index (χ3v) is 3.70. The first-order valence-electron chi connectivity index (χ1n) is 6.96. The second-order valence-electron chi connectivity index (χ2n) is 5.09. The smallest absolute Gasteiger partial charge is 0.277 e. The molecule has 0 amide bonds. The summed E-state index contributed by atoms with van der Waals surface area (Å²) in [6, 6.07) is 4.61. The summed E-state index contributed by atoms with van der Waals surface area (Å²) < 4.78 is 1.54. The topological polar surface area (TPSA) is 83.8 Å². The van der Waals surface area contributed by atoms with E-state index in [1.165, 1.54) is 10.7 Å². The average Bonchev–Trinajstić information content (AvgIpc) is 2.79. The Morgan fingerprint density at radius 2 is 2.18 bits per heavy atom. The third kappa shape index (κ3) is 2.35. The Morgan fingerprint density at radius 3 is 2.91 bits per heavy atom. The maximum atomic E-state index is 12.3. The van der Waals surface area contributed by atoms with Crippen molar-refractivity contribution in [2.24, 2.45) is 7.05 Å². The van der Waals surface area contributed by atoms with Crippen LogP contribution in [0.3, 0.4) is 0 Å². The molecule has 0 saturated heterocycles. The fraction of sp³-hybridized carbons (Fsp3) is 0.267. The van der Waals surface area contributed by atoms with Crippen LogP contribution in [0.15, 0.2) is 23.0 Å². The lowest BCUT2D eigenvalue weighted by atomic mass is 10.1. The van der Waals surface area contributed by atoms with Gasteiger partial charge in [0.1, 0.15) is 17.1 Å². The van der Waals surface area contributed by atoms with Crippen molar-refractivity contribution in [2.45, 2.75) is 19.8 Å². The maximum absolute atomic E-state index is 12.3. The number of aromatic hydroxyl groups is 1. The number of rotatable bonds is 3. The number of hydrogen-bond donors (Lipinski definition) is 2. The summed E-state index contributed by atoms with van der Waals surface area (Å²) in [4.78, 5) is 19.5. The standard InChI is InChI=1S/C15H15ClN4O2/c1-3-4-10-12-13(20(2)19-10)15(22)18-14(17-12)9-7-8(16)5-6-11(9)21/h5-7,21H,3-4H2,1-2H3,(H,17,18,22). The van der Waals surface area contributed by atoms with Crippen LogP contribution in [0.2, 0.25) is 5.02 Å². The molecule has 0 spiro atoms. The van der Waals surface area contributed by atoms with Gasteiger partial charge in [0.2, 0.25) is 0 Å². The van der Waals surface area contributed by atoms with Crippen LogP contribution in [-0.2, 0) is 13.5 Å². The molecule has 2 heterocycles. The summed E-state index contributed by atoms with van der Waals surface area (Å²) in [5.74, 6) is 0.288. The van der Waals surface area contributed by atoms with Gasteiger partial charge < -0.3 is 10.1 Å². The molecule has 22 heavy (non-hydrogen) atoms. The largest absolute Gasteiger partial charge is 0.507 e. The molecule has 0 aliphatic rings. The van der Waals surface area contributed by atoms with Gasteiger partial charge in [0, 0.05) is 12.1 Å². The summed E-state index contributed by atoms with van der Waals surface area (Å²) in [7, 11) is 1.72. The number of phenolic OH excluding ortho intramolecular Hbond substituents is 1. The van der Waals surface area contributed by atoms with Gasteiger partial charge in [-0.3, -0.25) is 9.48 Å². The van der Waals surface area contributed by atoms with Crippen molar-refractivity contribution in [2.75, 3.05) is 0 Å². The number of aromatic amines is 1. The molecule has 0 aliphatic heterocycles. The number of nitrogens with zero attached hydrogens (tertiary/aromatic N) is 3. The van der Waals surface area contributed by atoms with E-state index in [0.717, 1.165) is 18.5 Å². The van der Waals surface area contributed by atoms with E-state index >= 15 is 0 Å². The predicted molar refractivity (Wildman–Crippen MR) is 85.2 cm³/mol. The van der Waals surface area contributed by atoms with Crippen LogP contribution < -0.4 is 5.56 Å². The van der Waals surface area contributed by atoms with Gasteiger partial charge in [0.15, 0.2) is 5.52 Å². The lowest BCUT2D eigenvalue weighted by Crippen LogP contribution is -2.12. The summed E-state index contributed by atoms with van der Waals surface area (Å²) >= 11 is 5.96. The highest BCUT2D eigenvalue weighted by Gasteiger charge is 2.16. The molecule has 7 heteroatoms. The molecule has 0 unspecified atom stereocenters. The molecule has 0 bridgehead atoms. The van der Waals surface area contributed by atoms with Crippen LogP contribution in [0.25, 0.3) is 22.4 Å². The van der Waals surface area contributed by atoms with E-state index in [0.29, 0.717) is 21.6 Å². The van der Waals surface area contributed by atoms with Crippen molar-refractivity contribution < 1.29 is 5.11 Å². The second-order valence-corrected chi connectivity index (χ2v) is 5.53. The van der Waals surface area contributed by atoms with E-state index in [2.05, 4.69) is 15.1 Å². The Bertz CT molecular complexity index is 914. The van der Waals surface area contributed by atoms with E-state index in [9.17, 15) is 9.90 Å². The third-order valence-electron chi connectivity index (χ3n) is 3.46. The molecule has 114 valence electrons. The first-order valence-corrected chi connectivity index (χ1v) is 7.34. The minimum absolute atomic E-state index is 0.00725. The predicted octanol–water partition coefficient (Wildman–Crippen LogP) is 2.64. The molecule has 0 fully saturated rings. The number of benzene rings is 1. The van der Waals surface area contributed by atoms with Crippen LogP contribution in [0.1, 0.15) is 19.0 Å². The first-order chi connectivity index (χ1) is 10.5. The highest BCUT2D eigenvalue weighted by molar-refractivity contribution is 6.30. The van der Waals surface area contributed by atoms with Crippen molar-refractivity contribution in [3.8, 4) is 17.1 Å². The Balaban J connectivity index is 2.30. The Kier molecular flexibility index (Phi) is 3.62. The van der Waals surface area contributed by atoms with Crippen LogP contribution >= 0.6 is 11.6 Å². The summed E-state index contributed by atoms with van der Waals surface area (Å²) in [6.45, 7) is 2.04. The van der Waals surface area contributed by atoms with Crippen LogP contribution in [-0.4, -0.2) is 24.9 Å². The van der Waals surface area contributed by atoms with E-state index in [1.807, 2.05) is 6.92 Å². The van der Waals surface area contributed by atoms with Crippen molar-refractivity contribution in [3.63, 3.8) is 0 Å². The van der Waals surface area contributed by atoms with Crippen molar-refractivity contribution >= 4 is 22.6 Å². The fourth-order valence-corrected chi connectivity index (χ4v) is 2.65. The Morgan fingerprint density at radius 1 is 1.41 bits per heavy atom. The zero-order valence-corrected chi connectivity index (χ0v) is 13.0. The molecule has 0 atom stereocenters. The normalized spacial score (nSPS) is 11.2. The second kappa shape index (κ2) is 5.46. The SMILES string of the molecule is CCCc1nn(C)c2c(=O)[nH]c(-c3cc(Cl)ccc3O)nc12. The molecule has 3 aromatic rings. The zero-order chi connectivity index (χ0) is 15.9. The molecule has 0 radical (unpaired) electrons. The molecule has 6 nitrogen and oxygen atoms in total. The zero-order valence-electron chi connectivity index (χ0n) is 12.2. The lowest BCUT2D eigenvalue weighted by Gasteiger charge is -2.05. The van der Waals surface area contributed by atoms with Gasteiger partial charge in [-0.15, -0.1) is 0 Å². The van der Waals surface area contributed by atoms with Gasteiger partial charge in [0.25, 0.3) is 5.56 Å². The van der Waals surface area contributed by atoms with E-state index in [-0.39, 0.29) is 17.1 Å². The highest BCUT2D eigenvalue weighted by atomic mass is 35.5. The number of nitrogens with one attached hydrogen (secondary N) is 1. The number of halogens is 1. The lowest BCUT2D eigenvalue weighted by molar-refractivity contribution is 0.477. The molecule has 1 aromatic carbocycles. The minimum Gasteiger partial charge on any atom is -0.507 e. The van der Waals surface area contributed by atoms with E-state index < -0.39 is 0 Å². The number of hydrogen-bond acceptors (Lipinski definition) is 4. The van der Waals surface area contributed by atoms with Crippen LogP contribution in [0, 0.1) is 0 Å². The summed E-state index contributed by atoms with van der Waals surface area (Å²) in [5.41, 5.74) is 1.85. The number of phenols is 1. The molecule has 2 N–H and O–H groups in total. The monoisotopic (exact) mass is 318 g/mol. The van der Waals surface area contributed by atoms with Gasteiger partial charge in [-0.2, -0.15) is 5.10 Å². The van der Waals surface area contributed by atoms with Gasteiger partial charge >= 0.3 is 0 Å². The van der Waals surface area contributed by atoms with Gasteiger partial charge in [-0.05, 0) is 24.6 Å². The number of H-pyrrole nitrogens is 1. The molecule has 0 saturated carbocycles. The van der Waals surface area contributed by atoms with E-state index in [1.54, 1.807) is 19.2 Å². The highest BCUT2D eigenvalue weighted by Crippen LogP contribution is 2.29. The first kappa shape index (κ1) is 14.6. The van der Waals surface area contributed by atoms with Crippen LogP contribution in [0.5, 0.6) is 5.75 Å². The Labute approximate surface area is 131 Å². The van der Waals surface area contributed by atoms with E-state index in [4.69, 9.17) is 11.6 Å². The number of aromatic nitrogens is 4. The minimum atomic E-state index is -0.295. The molecule has 0 aliphatic carbocycles. The number of aryl methyl sites for hydroxylation is 2. The molecule has 3 rings (SSSR count). The van der Waals surface area contributed by atoms with Gasteiger partial charge in [0.05, 0.1) is 11.3 Å². The summed E-state index contributed by atoms with van der Waals surface area (Å²) in [5, 5.41) is 14.8. The van der Waals surface area contributed by atoms with Gasteiger partial charge in [-0.1, -0.05) is 24.9 Å².